The molecule has 0 bridgehead atoms. The third-order valence-corrected chi connectivity index (χ3v) is 2.68. The van der Waals surface area contributed by atoms with Crippen molar-refractivity contribution in [3.05, 3.63) is 0 Å². The Labute approximate surface area is 103 Å². The first-order valence-electron chi connectivity index (χ1n) is 5.89. The summed E-state index contributed by atoms with van der Waals surface area (Å²) in [6, 6.07) is -0.386. The van der Waals surface area contributed by atoms with Crippen molar-refractivity contribution in [3.8, 4) is 0 Å². The molecule has 0 aromatic rings. The molecule has 98 valence electrons. The first-order valence-corrected chi connectivity index (χ1v) is 5.89. The molecule has 1 aliphatic rings. The highest BCUT2D eigenvalue weighted by Gasteiger charge is 2.34. The number of hydrogen-bond donors (Lipinski definition) is 0. The number of ether oxygens (including phenoxy) is 1. The number of carbonyl (C=O) groups excluding carboxylic acids is 2. The Balaban J connectivity index is 2.73. The second-order valence-corrected chi connectivity index (χ2v) is 5.56. The topological polar surface area (TPSA) is 49.9 Å². The molecule has 0 aromatic carbocycles. The van der Waals surface area contributed by atoms with Crippen molar-refractivity contribution in [3.63, 3.8) is 0 Å². The number of amides is 1. The normalized spacial score (nSPS) is 22.4. The quantitative estimate of drug-likeness (QED) is 0.691. The van der Waals surface area contributed by atoms with E-state index < -0.39 is 11.7 Å². The van der Waals surface area contributed by atoms with Crippen LogP contribution in [0.2, 0.25) is 0 Å². The highest BCUT2D eigenvalue weighted by atomic mass is 16.6. The summed E-state index contributed by atoms with van der Waals surface area (Å²) in [5.41, 5.74) is -0.526. The zero-order chi connectivity index (χ0) is 13.2. The summed E-state index contributed by atoms with van der Waals surface area (Å²) in [7, 11) is 1.95. The summed E-state index contributed by atoms with van der Waals surface area (Å²) in [6.07, 6.45) is -0.397. The molecule has 1 unspecified atom stereocenters. The molecular weight excluding hydrogens is 220 g/mol. The van der Waals surface area contributed by atoms with Gasteiger partial charge in [-0.25, -0.2) is 4.79 Å². The molecule has 0 aromatic heterocycles. The molecule has 5 heteroatoms. The van der Waals surface area contributed by atoms with E-state index in [-0.39, 0.29) is 11.8 Å². The van der Waals surface area contributed by atoms with Gasteiger partial charge in [0.2, 0.25) is 0 Å². The van der Waals surface area contributed by atoms with Crippen LogP contribution in [0.25, 0.3) is 0 Å². The molecule has 0 radical (unpaired) electrons. The maximum Gasteiger partial charge on any atom is 0.410 e. The van der Waals surface area contributed by atoms with E-state index in [2.05, 4.69) is 0 Å². The molecule has 0 saturated carbocycles. The van der Waals surface area contributed by atoms with Crippen molar-refractivity contribution in [1.82, 2.24) is 9.80 Å². The van der Waals surface area contributed by atoms with Crippen LogP contribution in [0.4, 0.5) is 4.79 Å². The van der Waals surface area contributed by atoms with Gasteiger partial charge in [0.15, 0.2) is 5.78 Å². The minimum Gasteiger partial charge on any atom is -0.444 e. The van der Waals surface area contributed by atoms with Gasteiger partial charge < -0.3 is 9.64 Å². The second kappa shape index (κ2) is 5.04. The molecule has 1 fully saturated rings. The van der Waals surface area contributed by atoms with Gasteiger partial charge in [-0.2, -0.15) is 0 Å². The molecule has 1 rings (SSSR count). The van der Waals surface area contributed by atoms with Crippen LogP contribution in [0, 0.1) is 0 Å². The van der Waals surface area contributed by atoms with Gasteiger partial charge >= 0.3 is 6.09 Å². The second-order valence-electron chi connectivity index (χ2n) is 5.56. The standard InChI is InChI=1S/C12H22N2O3/c1-9(15)10-8-13(5)6-7-14(10)11(16)17-12(2,3)4/h10H,6-8H2,1-5H3. The summed E-state index contributed by atoms with van der Waals surface area (Å²) >= 11 is 0. The fourth-order valence-electron chi connectivity index (χ4n) is 1.81. The minimum atomic E-state index is -0.526. The first kappa shape index (κ1) is 14.0. The summed E-state index contributed by atoms with van der Waals surface area (Å²) in [4.78, 5) is 27.1. The van der Waals surface area contributed by atoms with Crippen molar-refractivity contribution in [1.29, 1.82) is 0 Å². The lowest BCUT2D eigenvalue weighted by Crippen LogP contribution is -2.57. The van der Waals surface area contributed by atoms with Crippen LogP contribution in [-0.2, 0) is 9.53 Å². The molecule has 0 aliphatic carbocycles. The third kappa shape index (κ3) is 4.00. The number of nitrogens with zero attached hydrogens (tertiary/aromatic N) is 2. The Morgan fingerprint density at radius 2 is 1.82 bits per heavy atom. The van der Waals surface area contributed by atoms with Crippen molar-refractivity contribution in [2.24, 2.45) is 0 Å². The Hall–Kier alpha value is -1.10. The van der Waals surface area contributed by atoms with E-state index in [1.807, 2.05) is 32.7 Å². The van der Waals surface area contributed by atoms with Gasteiger partial charge in [-0.3, -0.25) is 9.69 Å². The SMILES string of the molecule is CC(=O)C1CN(C)CCN1C(=O)OC(C)(C)C. The van der Waals surface area contributed by atoms with Gasteiger partial charge in [0.05, 0.1) is 0 Å². The summed E-state index contributed by atoms with van der Waals surface area (Å²) < 4.78 is 5.31. The van der Waals surface area contributed by atoms with Gasteiger partial charge in [0.25, 0.3) is 0 Å². The Morgan fingerprint density at radius 1 is 1.24 bits per heavy atom. The Morgan fingerprint density at radius 3 is 2.29 bits per heavy atom. The third-order valence-electron chi connectivity index (χ3n) is 2.68. The molecular formula is C12H22N2O3. The van der Waals surface area contributed by atoms with E-state index in [0.717, 1.165) is 6.54 Å². The highest BCUT2D eigenvalue weighted by Crippen LogP contribution is 2.15. The predicted octanol–water partition coefficient (Wildman–Crippen LogP) is 1.13. The lowest BCUT2D eigenvalue weighted by atomic mass is 10.1. The minimum absolute atomic E-state index is 0.00223. The molecule has 17 heavy (non-hydrogen) atoms. The zero-order valence-corrected chi connectivity index (χ0v) is 11.3. The monoisotopic (exact) mass is 242 g/mol. The number of carbonyl (C=O) groups is 2. The maximum absolute atomic E-state index is 12.0. The van der Waals surface area contributed by atoms with E-state index in [4.69, 9.17) is 4.74 Å². The average molecular weight is 242 g/mol. The number of rotatable bonds is 1. The van der Waals surface area contributed by atoms with Gasteiger partial charge in [-0.1, -0.05) is 0 Å². The summed E-state index contributed by atoms with van der Waals surface area (Å²) in [5.74, 6) is 0.00223. The number of likely N-dealkylation sites (N-methyl/N-ethyl adjacent to an activating group) is 1. The maximum atomic E-state index is 12.0. The van der Waals surface area contributed by atoms with Crippen molar-refractivity contribution < 1.29 is 14.3 Å². The fourth-order valence-corrected chi connectivity index (χ4v) is 1.81. The Bertz CT molecular complexity index is 309. The molecule has 0 N–H and O–H groups in total. The zero-order valence-electron chi connectivity index (χ0n) is 11.3. The average Bonchev–Trinajstić information content (AvgIpc) is 2.14. The number of Topliss-reactive ketones (excluding diaryl/α,β-unsaturated/α-hetero) is 1. The summed E-state index contributed by atoms with van der Waals surface area (Å²) in [6.45, 7) is 8.87. The molecule has 1 atom stereocenters. The van der Waals surface area contributed by atoms with E-state index >= 15 is 0 Å². The first-order chi connectivity index (χ1) is 7.70. The number of ketones is 1. The molecule has 1 amide bonds. The largest absolute Gasteiger partial charge is 0.444 e. The van der Waals surface area contributed by atoms with Crippen LogP contribution in [0.15, 0.2) is 0 Å². The highest BCUT2D eigenvalue weighted by molar-refractivity contribution is 5.86. The van der Waals surface area contributed by atoms with Gasteiger partial charge in [0, 0.05) is 19.6 Å². The fraction of sp³-hybridized carbons (Fsp3) is 0.833. The van der Waals surface area contributed by atoms with Gasteiger partial charge in [-0.15, -0.1) is 0 Å². The van der Waals surface area contributed by atoms with Crippen LogP contribution in [0.5, 0.6) is 0 Å². The lowest BCUT2D eigenvalue weighted by molar-refractivity contribution is -0.124. The lowest BCUT2D eigenvalue weighted by Gasteiger charge is -2.39. The molecule has 1 aliphatic heterocycles. The smallest absolute Gasteiger partial charge is 0.410 e. The van der Waals surface area contributed by atoms with Crippen molar-refractivity contribution >= 4 is 11.9 Å². The van der Waals surface area contributed by atoms with Crippen molar-refractivity contribution in [2.75, 3.05) is 26.7 Å². The van der Waals surface area contributed by atoms with Crippen LogP contribution < -0.4 is 0 Å². The van der Waals surface area contributed by atoms with E-state index in [9.17, 15) is 9.59 Å². The van der Waals surface area contributed by atoms with E-state index in [1.54, 1.807) is 0 Å². The van der Waals surface area contributed by atoms with Crippen LogP contribution in [0.1, 0.15) is 27.7 Å². The molecule has 5 nitrogen and oxygen atoms in total. The van der Waals surface area contributed by atoms with Crippen molar-refractivity contribution in [2.45, 2.75) is 39.3 Å². The van der Waals surface area contributed by atoms with Crippen LogP contribution in [-0.4, -0.2) is 60.0 Å². The van der Waals surface area contributed by atoms with Gasteiger partial charge in [0.1, 0.15) is 11.6 Å². The molecule has 0 spiro atoms. The molecule has 1 saturated heterocycles. The van der Waals surface area contributed by atoms with E-state index in [1.165, 1.54) is 11.8 Å². The molecule has 1 heterocycles. The predicted molar refractivity (Wildman–Crippen MR) is 64.9 cm³/mol. The Kier molecular flexibility index (Phi) is 4.14. The summed E-state index contributed by atoms with van der Waals surface area (Å²) in [5, 5.41) is 0. The van der Waals surface area contributed by atoms with Gasteiger partial charge in [-0.05, 0) is 34.7 Å². The number of piperazine rings is 1. The van der Waals surface area contributed by atoms with Crippen LogP contribution >= 0.6 is 0 Å². The van der Waals surface area contributed by atoms with E-state index in [0.29, 0.717) is 13.1 Å². The van der Waals surface area contributed by atoms with Crippen LogP contribution in [0.3, 0.4) is 0 Å². The number of hydrogen-bond acceptors (Lipinski definition) is 4.